The number of para-hydroxylation sites is 1. The van der Waals surface area contributed by atoms with Gasteiger partial charge in [-0.3, -0.25) is 0 Å². The fourth-order valence-corrected chi connectivity index (χ4v) is 3.67. The molecule has 4 rings (SSSR count). The maximum atomic E-state index is 14.9. The molecule has 2 aromatic heterocycles. The lowest BCUT2D eigenvalue weighted by molar-refractivity contribution is -0.0723. The van der Waals surface area contributed by atoms with Gasteiger partial charge in [0.25, 0.3) is 6.43 Å². The number of alkyl halides is 3. The summed E-state index contributed by atoms with van der Waals surface area (Å²) in [6.07, 6.45) is -9.00. The molecule has 0 aliphatic carbocycles. The molecule has 0 aliphatic rings. The van der Waals surface area contributed by atoms with Gasteiger partial charge in [-0.05, 0) is 36.4 Å². The van der Waals surface area contributed by atoms with Gasteiger partial charge in [0, 0.05) is 10.6 Å². The number of benzene rings is 2. The number of aromatic nitrogens is 6. The Morgan fingerprint density at radius 2 is 1.69 bits per heavy atom. The predicted octanol–water partition coefficient (Wildman–Crippen LogP) is 3.23. The molecular formula is C21H17Cl2F3N6O3. The van der Waals surface area contributed by atoms with Crippen LogP contribution in [0, 0.1) is 0 Å². The van der Waals surface area contributed by atoms with Crippen LogP contribution in [0.4, 0.5) is 13.2 Å². The molecule has 14 heteroatoms. The molecule has 0 bridgehead atoms. The van der Waals surface area contributed by atoms with E-state index in [9.17, 15) is 28.2 Å². The van der Waals surface area contributed by atoms with Crippen molar-refractivity contribution in [3.05, 3.63) is 80.7 Å². The van der Waals surface area contributed by atoms with E-state index < -0.39 is 37.7 Å². The minimum Gasteiger partial charge on any atom is -0.388 e. The van der Waals surface area contributed by atoms with Crippen LogP contribution in [0.2, 0.25) is 10.0 Å². The van der Waals surface area contributed by atoms with Crippen molar-refractivity contribution in [2.24, 2.45) is 0 Å². The summed E-state index contributed by atoms with van der Waals surface area (Å²) in [6, 6.07) is 12.4. The Kier molecular flexibility index (Phi) is 7.26. The fraction of sp³-hybridized carbons (Fsp3) is 0.238. The van der Waals surface area contributed by atoms with E-state index in [1.165, 1.54) is 28.9 Å². The second kappa shape index (κ2) is 10.2. The summed E-state index contributed by atoms with van der Waals surface area (Å²) in [5.74, 6) is -0.199. The van der Waals surface area contributed by atoms with Gasteiger partial charge in [-0.15, -0.1) is 10.2 Å². The SMILES string of the molecule is O=c1n(Cc2nc(CO)n(-c3ccccc3Cl)n2)nc(-c2ccc(Cl)cc2)n1C(F)[C@H](O)C(F)F. The Labute approximate surface area is 205 Å². The van der Waals surface area contributed by atoms with Gasteiger partial charge in [-0.1, -0.05) is 35.3 Å². The molecular weight excluding hydrogens is 512 g/mol. The largest absolute Gasteiger partial charge is 0.388 e. The van der Waals surface area contributed by atoms with Crippen molar-refractivity contribution in [1.82, 2.24) is 29.1 Å². The lowest BCUT2D eigenvalue weighted by atomic mass is 10.2. The molecule has 4 aromatic rings. The van der Waals surface area contributed by atoms with Gasteiger partial charge >= 0.3 is 5.69 Å². The number of hydrogen-bond acceptors (Lipinski definition) is 6. The highest BCUT2D eigenvalue weighted by Crippen LogP contribution is 2.26. The Hall–Kier alpha value is -3.19. The molecule has 0 spiro atoms. The molecule has 2 atom stereocenters. The van der Waals surface area contributed by atoms with E-state index in [1.54, 1.807) is 24.3 Å². The zero-order valence-electron chi connectivity index (χ0n) is 17.6. The van der Waals surface area contributed by atoms with E-state index in [2.05, 4.69) is 15.2 Å². The number of rotatable bonds is 8. The monoisotopic (exact) mass is 528 g/mol. The van der Waals surface area contributed by atoms with Crippen LogP contribution in [-0.4, -0.2) is 51.9 Å². The van der Waals surface area contributed by atoms with Gasteiger partial charge in [0.1, 0.15) is 13.2 Å². The quantitative estimate of drug-likeness (QED) is 0.363. The number of nitrogens with zero attached hydrogens (tertiary/aromatic N) is 6. The van der Waals surface area contributed by atoms with E-state index in [4.69, 9.17) is 23.2 Å². The smallest absolute Gasteiger partial charge is 0.349 e. The van der Waals surface area contributed by atoms with Crippen LogP contribution in [0.3, 0.4) is 0 Å². The van der Waals surface area contributed by atoms with Gasteiger partial charge in [0.05, 0.1) is 10.7 Å². The van der Waals surface area contributed by atoms with Crippen molar-refractivity contribution in [1.29, 1.82) is 0 Å². The van der Waals surface area contributed by atoms with Crippen molar-refractivity contribution in [2.75, 3.05) is 0 Å². The third-order valence-electron chi connectivity index (χ3n) is 4.99. The zero-order valence-corrected chi connectivity index (χ0v) is 19.2. The molecule has 0 saturated carbocycles. The van der Waals surface area contributed by atoms with E-state index >= 15 is 0 Å². The third-order valence-corrected chi connectivity index (χ3v) is 5.56. The minimum atomic E-state index is -3.45. The Morgan fingerprint density at radius 1 is 1.00 bits per heavy atom. The van der Waals surface area contributed by atoms with E-state index in [-0.39, 0.29) is 23.0 Å². The first-order valence-corrected chi connectivity index (χ1v) is 10.8. The Balaban J connectivity index is 1.79. The van der Waals surface area contributed by atoms with Crippen LogP contribution < -0.4 is 5.69 Å². The number of hydrogen-bond donors (Lipinski definition) is 2. The first-order valence-electron chi connectivity index (χ1n) is 10.1. The lowest BCUT2D eigenvalue weighted by Gasteiger charge is -2.16. The molecule has 1 unspecified atom stereocenters. The van der Waals surface area contributed by atoms with Crippen LogP contribution in [-0.2, 0) is 13.2 Å². The van der Waals surface area contributed by atoms with Crippen molar-refractivity contribution >= 4 is 23.2 Å². The molecule has 0 amide bonds. The average molecular weight is 529 g/mol. The number of aliphatic hydroxyl groups is 2. The lowest BCUT2D eigenvalue weighted by Crippen LogP contribution is -2.35. The normalized spacial score (nSPS) is 13.4. The number of aliphatic hydroxyl groups excluding tert-OH is 2. The van der Waals surface area contributed by atoms with Crippen LogP contribution in [0.5, 0.6) is 0 Å². The predicted molar refractivity (Wildman–Crippen MR) is 120 cm³/mol. The standard InChI is InChI=1S/C21H17Cl2F3N6O3/c22-12-7-5-11(6-8-12)20-29-30(21(35)31(20)19(26)17(34)18(24)25)9-15-27-16(10-33)32(28-15)14-4-2-1-3-13(14)23/h1-8,17-19,33-34H,9-10H2/t17-,19?/m1/s1. The van der Waals surface area contributed by atoms with Crippen molar-refractivity contribution in [2.45, 2.75) is 32.0 Å². The molecule has 0 fully saturated rings. The summed E-state index contributed by atoms with van der Waals surface area (Å²) in [5, 5.41) is 28.3. The molecule has 184 valence electrons. The summed E-state index contributed by atoms with van der Waals surface area (Å²) in [5.41, 5.74) is -0.512. The highest BCUT2D eigenvalue weighted by molar-refractivity contribution is 6.32. The molecule has 2 heterocycles. The molecule has 0 radical (unpaired) electrons. The molecule has 0 aliphatic heterocycles. The Morgan fingerprint density at radius 3 is 2.31 bits per heavy atom. The summed E-state index contributed by atoms with van der Waals surface area (Å²) >= 11 is 12.1. The van der Waals surface area contributed by atoms with Crippen molar-refractivity contribution < 1.29 is 23.4 Å². The first kappa shape index (κ1) is 24.9. The Bertz CT molecular complexity index is 1390. The summed E-state index contributed by atoms with van der Waals surface area (Å²) in [4.78, 5) is 17.2. The second-order valence-corrected chi connectivity index (χ2v) is 8.15. The number of halogens is 5. The van der Waals surface area contributed by atoms with Crippen molar-refractivity contribution in [3.63, 3.8) is 0 Å². The van der Waals surface area contributed by atoms with E-state index in [0.717, 1.165) is 4.68 Å². The van der Waals surface area contributed by atoms with E-state index in [0.29, 0.717) is 20.3 Å². The van der Waals surface area contributed by atoms with Gasteiger partial charge in [0.15, 0.2) is 23.6 Å². The third kappa shape index (κ3) is 4.96. The van der Waals surface area contributed by atoms with Crippen LogP contribution in [0.1, 0.15) is 17.9 Å². The highest BCUT2D eigenvalue weighted by Gasteiger charge is 2.33. The van der Waals surface area contributed by atoms with Gasteiger partial charge < -0.3 is 10.2 Å². The zero-order chi connectivity index (χ0) is 25.3. The van der Waals surface area contributed by atoms with Crippen LogP contribution in [0.25, 0.3) is 17.1 Å². The molecule has 0 saturated heterocycles. The topological polar surface area (TPSA) is 111 Å². The maximum absolute atomic E-state index is 14.9. The highest BCUT2D eigenvalue weighted by atomic mass is 35.5. The van der Waals surface area contributed by atoms with Gasteiger partial charge in [-0.25, -0.2) is 36.9 Å². The van der Waals surface area contributed by atoms with Crippen molar-refractivity contribution in [3.8, 4) is 17.1 Å². The summed E-state index contributed by atoms with van der Waals surface area (Å²) in [7, 11) is 0. The minimum absolute atomic E-state index is 0.00759. The van der Waals surface area contributed by atoms with Crippen LogP contribution in [0.15, 0.2) is 53.3 Å². The summed E-state index contributed by atoms with van der Waals surface area (Å²) < 4.78 is 43.3. The maximum Gasteiger partial charge on any atom is 0.349 e. The van der Waals surface area contributed by atoms with Gasteiger partial charge in [0.2, 0.25) is 6.30 Å². The fourth-order valence-electron chi connectivity index (χ4n) is 3.33. The molecule has 2 N–H and O–H groups in total. The molecule has 9 nitrogen and oxygen atoms in total. The van der Waals surface area contributed by atoms with Gasteiger partial charge in [-0.2, -0.15) is 0 Å². The molecule has 2 aromatic carbocycles. The second-order valence-electron chi connectivity index (χ2n) is 7.30. The van der Waals surface area contributed by atoms with E-state index in [1.807, 2.05) is 0 Å². The average Bonchev–Trinajstić information content (AvgIpc) is 3.39. The molecule has 35 heavy (non-hydrogen) atoms. The first-order chi connectivity index (χ1) is 16.7. The summed E-state index contributed by atoms with van der Waals surface area (Å²) in [6.45, 7) is -0.904. The van der Waals surface area contributed by atoms with Crippen LogP contribution >= 0.6 is 23.2 Å².